The first-order chi connectivity index (χ1) is 8.69. The van der Waals surface area contributed by atoms with Gasteiger partial charge >= 0.3 is 5.97 Å². The number of esters is 1. The smallest absolute Gasteiger partial charge is 0.308 e. The summed E-state index contributed by atoms with van der Waals surface area (Å²) in [7, 11) is 1.38. The molecule has 0 bridgehead atoms. The fourth-order valence-corrected chi connectivity index (χ4v) is 1.88. The Hall–Kier alpha value is -1.69. The number of nitrogens with zero attached hydrogens (tertiary/aromatic N) is 3. The monoisotopic (exact) mass is 251 g/mol. The molecule has 0 spiro atoms. The van der Waals surface area contributed by atoms with Crippen molar-refractivity contribution >= 4 is 11.9 Å². The van der Waals surface area contributed by atoms with Gasteiger partial charge in [-0.1, -0.05) is 0 Å². The van der Waals surface area contributed by atoms with E-state index in [4.69, 9.17) is 4.74 Å². The molecule has 1 unspecified atom stereocenters. The Morgan fingerprint density at radius 1 is 1.67 bits per heavy atom. The molecule has 1 aromatic rings. The van der Waals surface area contributed by atoms with E-state index >= 15 is 0 Å². The molecule has 0 saturated carbocycles. The summed E-state index contributed by atoms with van der Waals surface area (Å²) in [6.07, 6.45) is 1.84. The molecule has 1 fully saturated rings. The molecular formula is C12H17N3O3. The molecule has 1 aliphatic heterocycles. The summed E-state index contributed by atoms with van der Waals surface area (Å²) < 4.78 is 10.2. The van der Waals surface area contributed by atoms with Crippen molar-refractivity contribution in [2.75, 3.05) is 31.7 Å². The third-order valence-electron chi connectivity index (χ3n) is 2.83. The van der Waals surface area contributed by atoms with Crippen LogP contribution >= 0.6 is 0 Å². The molecule has 1 aliphatic rings. The zero-order valence-corrected chi connectivity index (χ0v) is 10.6. The molecule has 0 amide bonds. The molecule has 0 radical (unpaired) electrons. The third kappa shape index (κ3) is 3.16. The maximum absolute atomic E-state index is 11.2. The van der Waals surface area contributed by atoms with Gasteiger partial charge in [-0.15, -0.1) is 0 Å². The molecule has 1 saturated heterocycles. The molecular weight excluding hydrogens is 234 g/mol. The number of hydrogen-bond acceptors (Lipinski definition) is 6. The highest BCUT2D eigenvalue weighted by molar-refractivity contribution is 5.69. The number of carbonyl (C=O) groups is 1. The first-order valence-corrected chi connectivity index (χ1v) is 5.92. The topological polar surface area (TPSA) is 64.5 Å². The van der Waals surface area contributed by atoms with Crippen molar-refractivity contribution in [3.63, 3.8) is 0 Å². The van der Waals surface area contributed by atoms with Crippen molar-refractivity contribution in [3.8, 4) is 0 Å². The largest absolute Gasteiger partial charge is 0.469 e. The van der Waals surface area contributed by atoms with E-state index in [1.807, 2.05) is 17.9 Å². The number of methoxy groups -OCH3 is 1. The van der Waals surface area contributed by atoms with E-state index in [-0.39, 0.29) is 18.5 Å². The predicted molar refractivity (Wildman–Crippen MR) is 65.4 cm³/mol. The van der Waals surface area contributed by atoms with E-state index in [1.54, 1.807) is 6.20 Å². The quantitative estimate of drug-likeness (QED) is 0.731. The third-order valence-corrected chi connectivity index (χ3v) is 2.83. The van der Waals surface area contributed by atoms with Crippen LogP contribution in [-0.4, -0.2) is 48.8 Å². The van der Waals surface area contributed by atoms with E-state index in [9.17, 15) is 4.79 Å². The lowest BCUT2D eigenvalue weighted by Crippen LogP contribution is -2.44. The Kier molecular flexibility index (Phi) is 4.09. The average Bonchev–Trinajstić information content (AvgIpc) is 2.39. The summed E-state index contributed by atoms with van der Waals surface area (Å²) in [6.45, 7) is 3.84. The van der Waals surface area contributed by atoms with E-state index in [2.05, 4.69) is 14.7 Å². The summed E-state index contributed by atoms with van der Waals surface area (Å²) in [4.78, 5) is 21.9. The van der Waals surface area contributed by atoms with Crippen LogP contribution in [0.25, 0.3) is 0 Å². The number of carbonyl (C=O) groups excluding carboxylic acids is 1. The normalized spacial score (nSPS) is 19.7. The van der Waals surface area contributed by atoms with E-state index in [0.29, 0.717) is 19.1 Å². The van der Waals surface area contributed by atoms with Gasteiger partial charge in [0.15, 0.2) is 0 Å². The second-order valence-electron chi connectivity index (χ2n) is 4.22. The van der Waals surface area contributed by atoms with Gasteiger partial charge in [-0.05, 0) is 13.0 Å². The highest BCUT2D eigenvalue weighted by Crippen LogP contribution is 2.15. The fourth-order valence-electron chi connectivity index (χ4n) is 1.88. The van der Waals surface area contributed by atoms with Gasteiger partial charge in [-0.2, -0.15) is 0 Å². The van der Waals surface area contributed by atoms with Crippen molar-refractivity contribution in [3.05, 3.63) is 18.0 Å². The maximum atomic E-state index is 11.2. The SMILES string of the molecule is COC(=O)CC1CN(c2nccc(C)n2)CCO1. The van der Waals surface area contributed by atoms with Gasteiger partial charge in [0.05, 0.1) is 26.2 Å². The minimum absolute atomic E-state index is 0.157. The first-order valence-electron chi connectivity index (χ1n) is 5.92. The fraction of sp³-hybridized carbons (Fsp3) is 0.583. The van der Waals surface area contributed by atoms with Crippen LogP contribution in [0.3, 0.4) is 0 Å². The van der Waals surface area contributed by atoms with Crippen LogP contribution < -0.4 is 4.90 Å². The van der Waals surface area contributed by atoms with Gasteiger partial charge in [0.1, 0.15) is 0 Å². The van der Waals surface area contributed by atoms with Crippen LogP contribution in [0.1, 0.15) is 12.1 Å². The molecule has 0 aliphatic carbocycles. The molecule has 18 heavy (non-hydrogen) atoms. The Morgan fingerprint density at radius 2 is 2.50 bits per heavy atom. The van der Waals surface area contributed by atoms with Crippen LogP contribution in [-0.2, 0) is 14.3 Å². The molecule has 6 heteroatoms. The predicted octanol–water partition coefficient (Wildman–Crippen LogP) is 0.553. The van der Waals surface area contributed by atoms with Gasteiger partial charge in [-0.3, -0.25) is 4.79 Å². The van der Waals surface area contributed by atoms with Crippen LogP contribution in [0.4, 0.5) is 5.95 Å². The lowest BCUT2D eigenvalue weighted by Gasteiger charge is -2.32. The van der Waals surface area contributed by atoms with E-state index in [1.165, 1.54) is 7.11 Å². The van der Waals surface area contributed by atoms with Gasteiger partial charge in [0, 0.05) is 25.0 Å². The zero-order chi connectivity index (χ0) is 13.0. The number of aryl methyl sites for hydroxylation is 1. The second kappa shape index (κ2) is 5.77. The van der Waals surface area contributed by atoms with Crippen molar-refractivity contribution in [2.45, 2.75) is 19.4 Å². The summed E-state index contributed by atoms with van der Waals surface area (Å²) in [5.74, 6) is 0.431. The minimum Gasteiger partial charge on any atom is -0.469 e. The molecule has 1 atom stereocenters. The number of hydrogen-bond donors (Lipinski definition) is 0. The Labute approximate surface area is 106 Å². The molecule has 1 aromatic heterocycles. The Bertz CT molecular complexity index is 425. The van der Waals surface area contributed by atoms with Crippen LogP contribution in [0, 0.1) is 6.92 Å². The van der Waals surface area contributed by atoms with Gasteiger partial charge in [0.2, 0.25) is 5.95 Å². The van der Waals surface area contributed by atoms with Crippen molar-refractivity contribution in [1.82, 2.24) is 9.97 Å². The molecule has 0 aromatic carbocycles. The lowest BCUT2D eigenvalue weighted by molar-refractivity contribution is -0.144. The van der Waals surface area contributed by atoms with Crippen molar-refractivity contribution in [2.24, 2.45) is 0 Å². The van der Waals surface area contributed by atoms with Crippen LogP contribution in [0.15, 0.2) is 12.3 Å². The summed E-state index contributed by atoms with van der Waals surface area (Å²) in [5.41, 5.74) is 0.927. The van der Waals surface area contributed by atoms with E-state index < -0.39 is 0 Å². The first kappa shape index (κ1) is 12.8. The average molecular weight is 251 g/mol. The summed E-state index contributed by atoms with van der Waals surface area (Å²) in [6, 6.07) is 1.86. The Balaban J connectivity index is 2.00. The number of morpholine rings is 1. The van der Waals surface area contributed by atoms with Gasteiger partial charge in [-0.25, -0.2) is 9.97 Å². The molecule has 2 heterocycles. The van der Waals surface area contributed by atoms with Crippen molar-refractivity contribution < 1.29 is 14.3 Å². The number of rotatable bonds is 3. The minimum atomic E-state index is -0.257. The number of aromatic nitrogens is 2. The highest BCUT2D eigenvalue weighted by atomic mass is 16.5. The lowest BCUT2D eigenvalue weighted by atomic mass is 10.2. The molecule has 2 rings (SSSR count). The van der Waals surface area contributed by atoms with E-state index in [0.717, 1.165) is 12.2 Å². The molecule has 6 nitrogen and oxygen atoms in total. The van der Waals surface area contributed by atoms with Crippen molar-refractivity contribution in [1.29, 1.82) is 0 Å². The zero-order valence-electron chi connectivity index (χ0n) is 10.6. The van der Waals surface area contributed by atoms with Gasteiger partial charge < -0.3 is 14.4 Å². The highest BCUT2D eigenvalue weighted by Gasteiger charge is 2.24. The van der Waals surface area contributed by atoms with Crippen LogP contribution in [0.5, 0.6) is 0 Å². The van der Waals surface area contributed by atoms with Gasteiger partial charge in [0.25, 0.3) is 0 Å². The van der Waals surface area contributed by atoms with Crippen LogP contribution in [0.2, 0.25) is 0 Å². The summed E-state index contributed by atoms with van der Waals surface area (Å²) in [5, 5.41) is 0. The molecule has 0 N–H and O–H groups in total. The Morgan fingerprint density at radius 3 is 3.22 bits per heavy atom. The maximum Gasteiger partial charge on any atom is 0.308 e. The summed E-state index contributed by atoms with van der Waals surface area (Å²) >= 11 is 0. The standard InChI is InChI=1S/C12H17N3O3/c1-9-3-4-13-12(14-9)15-5-6-18-10(8-15)7-11(16)17-2/h3-4,10H,5-8H2,1-2H3. The number of ether oxygens (including phenoxy) is 2. The molecule has 98 valence electrons. The second-order valence-corrected chi connectivity index (χ2v) is 4.22. The number of anilines is 1.